The summed E-state index contributed by atoms with van der Waals surface area (Å²) in [6.45, 7) is 3.57. The highest BCUT2D eigenvalue weighted by Crippen LogP contribution is 2.48. The van der Waals surface area contributed by atoms with Crippen LogP contribution in [0.5, 0.6) is 5.75 Å². The number of hydrogen-bond donors (Lipinski definition) is 4. The van der Waals surface area contributed by atoms with Crippen LogP contribution in [0.15, 0.2) is 48.8 Å². The maximum Gasteiger partial charge on any atom is 0.458 e. The number of benzene rings is 1. The van der Waals surface area contributed by atoms with E-state index in [-0.39, 0.29) is 30.4 Å². The molecule has 1 fully saturated rings. The number of nitrogens with one attached hydrogen (secondary N) is 1. The van der Waals surface area contributed by atoms with Crippen LogP contribution in [-0.2, 0) is 29.0 Å². The van der Waals surface area contributed by atoms with Crippen LogP contribution >= 0.6 is 7.75 Å². The van der Waals surface area contributed by atoms with Crippen LogP contribution in [0.2, 0.25) is 0 Å². The van der Waals surface area contributed by atoms with Crippen molar-refractivity contribution in [3.63, 3.8) is 0 Å². The SMILES string of the molecule is CC(C)(C)C(=O)OCCN[P@@](=O)(OC[C@@]1(C#N)OC[C@@](O)(c2ccc3c(N)ncnn23)[C@@H]1O)Oc1ccccc1. The van der Waals surface area contributed by atoms with Crippen molar-refractivity contribution in [3.8, 4) is 11.8 Å². The summed E-state index contributed by atoms with van der Waals surface area (Å²) in [7, 11) is -4.23. The van der Waals surface area contributed by atoms with Crippen LogP contribution in [0.1, 0.15) is 26.5 Å². The van der Waals surface area contributed by atoms with Gasteiger partial charge in [-0.25, -0.2) is 19.2 Å². The lowest BCUT2D eigenvalue weighted by molar-refractivity contribution is -0.152. The lowest BCUT2D eigenvalue weighted by Gasteiger charge is -2.30. The van der Waals surface area contributed by atoms with Crippen molar-refractivity contribution < 1.29 is 38.1 Å². The number of rotatable bonds is 10. The van der Waals surface area contributed by atoms with E-state index in [9.17, 15) is 24.8 Å². The monoisotopic (exact) mass is 574 g/mol. The molecule has 1 aromatic carbocycles. The molecule has 3 heterocycles. The minimum absolute atomic E-state index is 0.101. The van der Waals surface area contributed by atoms with Gasteiger partial charge in [0.1, 0.15) is 43.0 Å². The zero-order chi connectivity index (χ0) is 29.2. The highest BCUT2D eigenvalue weighted by atomic mass is 31.2. The molecule has 0 saturated carbocycles. The summed E-state index contributed by atoms with van der Waals surface area (Å²) < 4.78 is 37.0. The fourth-order valence-electron chi connectivity index (χ4n) is 3.97. The number of carbonyl (C=O) groups is 1. The Labute approximate surface area is 230 Å². The van der Waals surface area contributed by atoms with Gasteiger partial charge in [0.25, 0.3) is 0 Å². The van der Waals surface area contributed by atoms with E-state index in [2.05, 4.69) is 15.2 Å². The molecule has 4 rings (SSSR count). The average Bonchev–Trinajstić information content (AvgIpc) is 3.47. The molecule has 3 aromatic rings. The molecule has 2 aromatic heterocycles. The second-order valence-electron chi connectivity index (χ2n) is 10.2. The molecule has 1 aliphatic heterocycles. The number of hydrogen-bond acceptors (Lipinski definition) is 12. The van der Waals surface area contributed by atoms with Gasteiger partial charge in [0.15, 0.2) is 11.4 Å². The van der Waals surface area contributed by atoms with Crippen molar-refractivity contribution in [2.75, 3.05) is 32.1 Å². The summed E-state index contributed by atoms with van der Waals surface area (Å²) in [4.78, 5) is 15.9. The van der Waals surface area contributed by atoms with Gasteiger partial charge in [-0.1, -0.05) is 18.2 Å². The Morgan fingerprint density at radius 2 is 2.05 bits per heavy atom. The van der Waals surface area contributed by atoms with E-state index in [1.807, 2.05) is 6.07 Å². The number of nitriles is 1. The predicted molar refractivity (Wildman–Crippen MR) is 141 cm³/mol. The highest BCUT2D eigenvalue weighted by Gasteiger charge is 2.61. The second kappa shape index (κ2) is 11.1. The number of fused-ring (bicyclic) bond motifs is 1. The van der Waals surface area contributed by atoms with E-state index < -0.39 is 49.7 Å². The first-order valence-electron chi connectivity index (χ1n) is 12.3. The average molecular weight is 575 g/mol. The van der Waals surface area contributed by atoms with Gasteiger partial charge in [0, 0.05) is 6.54 Å². The van der Waals surface area contributed by atoms with Gasteiger partial charge in [-0.2, -0.15) is 10.4 Å². The molecule has 1 aliphatic rings. The number of aliphatic hydroxyl groups excluding tert-OH is 1. The molecule has 0 bridgehead atoms. The maximum atomic E-state index is 13.7. The molecule has 5 N–H and O–H groups in total. The Bertz CT molecular complexity index is 1460. The van der Waals surface area contributed by atoms with Crippen LogP contribution in [0.4, 0.5) is 5.82 Å². The maximum absolute atomic E-state index is 13.7. The Balaban J connectivity index is 1.53. The van der Waals surface area contributed by atoms with Crippen molar-refractivity contribution in [1.29, 1.82) is 5.26 Å². The highest BCUT2D eigenvalue weighted by molar-refractivity contribution is 7.52. The van der Waals surface area contributed by atoms with E-state index in [1.54, 1.807) is 57.2 Å². The first-order valence-corrected chi connectivity index (χ1v) is 13.8. The summed E-state index contributed by atoms with van der Waals surface area (Å²) >= 11 is 0. The van der Waals surface area contributed by atoms with Crippen molar-refractivity contribution in [1.82, 2.24) is 19.7 Å². The third-order valence-electron chi connectivity index (χ3n) is 6.23. The van der Waals surface area contributed by atoms with Crippen LogP contribution < -0.4 is 15.3 Å². The van der Waals surface area contributed by atoms with Crippen LogP contribution in [0, 0.1) is 16.7 Å². The Morgan fingerprint density at radius 3 is 2.73 bits per heavy atom. The van der Waals surface area contributed by atoms with Crippen LogP contribution in [0.25, 0.3) is 5.52 Å². The fraction of sp³-hybridized carbons (Fsp3) is 0.440. The first kappa shape index (κ1) is 29.4. The molecule has 0 aliphatic carbocycles. The Kier molecular flexibility index (Phi) is 8.18. The summed E-state index contributed by atoms with van der Waals surface area (Å²) in [6.07, 6.45) is -0.683. The quantitative estimate of drug-likeness (QED) is 0.154. The van der Waals surface area contributed by atoms with E-state index in [0.717, 1.165) is 0 Å². The molecule has 0 unspecified atom stereocenters. The summed E-state index contributed by atoms with van der Waals surface area (Å²) in [6, 6.07) is 13.0. The number of nitrogen functional groups attached to an aromatic ring is 1. The smallest absolute Gasteiger partial charge is 0.458 e. The minimum Gasteiger partial charge on any atom is -0.464 e. The summed E-state index contributed by atoms with van der Waals surface area (Å²) in [5.41, 5.74) is 1.37. The molecule has 0 radical (unpaired) electrons. The van der Waals surface area contributed by atoms with Gasteiger partial charge < -0.3 is 29.9 Å². The zero-order valence-electron chi connectivity index (χ0n) is 22.2. The first-order chi connectivity index (χ1) is 18.8. The number of nitrogens with zero attached hydrogens (tertiary/aromatic N) is 4. The Hall–Kier alpha value is -3.57. The number of anilines is 1. The van der Waals surface area contributed by atoms with Gasteiger partial charge in [0.05, 0.1) is 17.7 Å². The molecule has 40 heavy (non-hydrogen) atoms. The molecule has 4 atom stereocenters. The molecule has 0 amide bonds. The number of nitrogens with two attached hydrogens (primary N) is 1. The number of ether oxygens (including phenoxy) is 2. The van der Waals surface area contributed by atoms with E-state index >= 15 is 0 Å². The molecule has 15 heteroatoms. The van der Waals surface area contributed by atoms with Gasteiger partial charge >= 0.3 is 13.7 Å². The van der Waals surface area contributed by atoms with Crippen LogP contribution in [-0.4, -0.2) is 68.9 Å². The third-order valence-corrected chi connectivity index (χ3v) is 7.76. The van der Waals surface area contributed by atoms with E-state index in [4.69, 9.17) is 24.3 Å². The van der Waals surface area contributed by atoms with E-state index in [0.29, 0.717) is 5.52 Å². The number of carbonyl (C=O) groups excluding carboxylic acids is 1. The number of aromatic nitrogens is 3. The van der Waals surface area contributed by atoms with Crippen molar-refractivity contribution >= 4 is 25.1 Å². The van der Waals surface area contributed by atoms with E-state index in [1.165, 1.54) is 16.9 Å². The predicted octanol–water partition coefficient (Wildman–Crippen LogP) is 1.54. The standard InChI is InChI=1S/C25H31N6O8P/c1-23(2,3)22(33)36-12-11-30-40(35,39-17-7-5-4-6-8-17)38-14-24(13-26)21(32)25(34,15-37-24)19-10-9-18-20(27)28-16-29-31(18)19/h4-10,16,21,32,34H,11-12,14-15H2,1-3H3,(H,30,35)(H2,27,28,29)/t21-,24-,25-,40-/m1/s1. The zero-order valence-corrected chi connectivity index (χ0v) is 23.1. The molecular formula is C25H31N6O8P. The van der Waals surface area contributed by atoms with Crippen molar-refractivity contribution in [2.24, 2.45) is 5.41 Å². The molecule has 0 spiro atoms. The topological polar surface area (TPSA) is 204 Å². The lowest BCUT2D eigenvalue weighted by atomic mass is 9.86. The van der Waals surface area contributed by atoms with Gasteiger partial charge in [0.2, 0.25) is 5.60 Å². The van der Waals surface area contributed by atoms with Gasteiger partial charge in [-0.15, -0.1) is 0 Å². The number of para-hydroxylation sites is 1. The minimum atomic E-state index is -4.23. The second-order valence-corrected chi connectivity index (χ2v) is 12.0. The molecule has 1 saturated heterocycles. The van der Waals surface area contributed by atoms with Crippen molar-refractivity contribution in [3.05, 3.63) is 54.5 Å². The largest absolute Gasteiger partial charge is 0.464 e. The number of esters is 1. The third kappa shape index (κ3) is 5.80. The van der Waals surface area contributed by atoms with Crippen LogP contribution in [0.3, 0.4) is 0 Å². The fourth-order valence-corrected chi connectivity index (χ4v) is 5.31. The molecule has 214 valence electrons. The molecular weight excluding hydrogens is 543 g/mol. The summed E-state index contributed by atoms with van der Waals surface area (Å²) in [5, 5.41) is 39.4. The molecule has 14 nitrogen and oxygen atoms in total. The Morgan fingerprint density at radius 1 is 1.32 bits per heavy atom. The van der Waals surface area contributed by atoms with Gasteiger partial charge in [-0.05, 0) is 45.0 Å². The lowest BCUT2D eigenvalue weighted by Crippen LogP contribution is -2.51. The summed E-state index contributed by atoms with van der Waals surface area (Å²) in [5.74, 6) is -0.118. The normalized spacial score (nSPS) is 24.4. The van der Waals surface area contributed by atoms with Crippen molar-refractivity contribution in [2.45, 2.75) is 38.1 Å². The van der Waals surface area contributed by atoms with Gasteiger partial charge in [-0.3, -0.25) is 9.32 Å². The number of aliphatic hydroxyl groups is 2.